The second-order valence-electron chi connectivity index (χ2n) is 4.57. The number of carbonyl (C=O) groups excluding carboxylic acids is 2. The van der Waals surface area contributed by atoms with Crippen LogP contribution in [0.5, 0.6) is 0 Å². The minimum Gasteiger partial charge on any atom is -0.462 e. The molecule has 0 aliphatic rings. The van der Waals surface area contributed by atoms with Gasteiger partial charge in [-0.05, 0) is 43.5 Å². The molecule has 0 unspecified atom stereocenters. The number of halogens is 1. The standard InChI is InChI=1S/C17H16ClNO3S/c1-3-22-17(21)13-10-11(8-9-14(13)18)19-16(20)12-6-4-5-7-15(12)23-2/h4-10H,3H2,1-2H3,(H,19,20). The molecule has 0 heterocycles. The molecule has 0 saturated heterocycles. The first kappa shape index (κ1) is 17.4. The van der Waals surface area contributed by atoms with E-state index in [1.807, 2.05) is 18.4 Å². The lowest BCUT2D eigenvalue weighted by molar-refractivity contribution is 0.0526. The third kappa shape index (κ3) is 4.27. The number of hydrogen-bond acceptors (Lipinski definition) is 4. The number of rotatable bonds is 5. The Hall–Kier alpha value is -1.98. The second-order valence-corrected chi connectivity index (χ2v) is 5.82. The van der Waals surface area contributed by atoms with Crippen LogP contribution in [0.15, 0.2) is 47.4 Å². The van der Waals surface area contributed by atoms with E-state index in [9.17, 15) is 9.59 Å². The van der Waals surface area contributed by atoms with Gasteiger partial charge in [-0.3, -0.25) is 4.79 Å². The summed E-state index contributed by atoms with van der Waals surface area (Å²) in [6, 6.07) is 12.0. The Labute approximate surface area is 144 Å². The predicted molar refractivity (Wildman–Crippen MR) is 93.6 cm³/mol. The van der Waals surface area contributed by atoms with Crippen LogP contribution in [0.4, 0.5) is 5.69 Å². The topological polar surface area (TPSA) is 55.4 Å². The molecule has 120 valence electrons. The van der Waals surface area contributed by atoms with Gasteiger partial charge in [0.25, 0.3) is 5.91 Å². The van der Waals surface area contributed by atoms with Gasteiger partial charge in [0.2, 0.25) is 0 Å². The molecular weight excluding hydrogens is 334 g/mol. The van der Waals surface area contributed by atoms with E-state index in [2.05, 4.69) is 5.32 Å². The Morgan fingerprint density at radius 3 is 2.61 bits per heavy atom. The van der Waals surface area contributed by atoms with Gasteiger partial charge in [0.05, 0.1) is 22.8 Å². The number of amides is 1. The third-order valence-corrected chi connectivity index (χ3v) is 4.20. The Bertz CT molecular complexity index is 734. The molecule has 0 aromatic heterocycles. The molecule has 23 heavy (non-hydrogen) atoms. The summed E-state index contributed by atoms with van der Waals surface area (Å²) in [5.74, 6) is -0.759. The fourth-order valence-electron chi connectivity index (χ4n) is 2.00. The van der Waals surface area contributed by atoms with Crippen LogP contribution in [0, 0.1) is 0 Å². The van der Waals surface area contributed by atoms with Crippen LogP contribution in [-0.4, -0.2) is 24.7 Å². The quantitative estimate of drug-likeness (QED) is 0.638. The molecule has 2 rings (SSSR count). The third-order valence-electron chi connectivity index (χ3n) is 3.07. The molecule has 0 aliphatic carbocycles. The lowest BCUT2D eigenvalue weighted by Gasteiger charge is -2.10. The number of nitrogens with one attached hydrogen (secondary N) is 1. The average molecular weight is 350 g/mol. The molecule has 1 N–H and O–H groups in total. The Morgan fingerprint density at radius 2 is 1.91 bits per heavy atom. The minimum atomic E-state index is -0.516. The first-order valence-electron chi connectivity index (χ1n) is 6.97. The van der Waals surface area contributed by atoms with Crippen molar-refractivity contribution in [3.05, 3.63) is 58.6 Å². The van der Waals surface area contributed by atoms with Gasteiger partial charge < -0.3 is 10.1 Å². The maximum atomic E-state index is 12.4. The van der Waals surface area contributed by atoms with E-state index in [0.29, 0.717) is 11.3 Å². The summed E-state index contributed by atoms with van der Waals surface area (Å²) >= 11 is 7.51. The second kappa shape index (κ2) is 8.04. The molecule has 0 saturated carbocycles. The largest absolute Gasteiger partial charge is 0.462 e. The number of esters is 1. The van der Waals surface area contributed by atoms with Gasteiger partial charge in [-0.1, -0.05) is 23.7 Å². The molecular formula is C17H16ClNO3S. The van der Waals surface area contributed by atoms with E-state index in [1.54, 1.807) is 31.2 Å². The first-order valence-corrected chi connectivity index (χ1v) is 8.58. The summed E-state index contributed by atoms with van der Waals surface area (Å²) in [6.07, 6.45) is 1.91. The van der Waals surface area contributed by atoms with E-state index in [1.165, 1.54) is 17.8 Å². The van der Waals surface area contributed by atoms with Gasteiger partial charge >= 0.3 is 5.97 Å². The van der Waals surface area contributed by atoms with Gasteiger partial charge in [0, 0.05) is 10.6 Å². The van der Waals surface area contributed by atoms with Crippen LogP contribution >= 0.6 is 23.4 Å². The van der Waals surface area contributed by atoms with Crippen molar-refractivity contribution >= 4 is 40.9 Å². The van der Waals surface area contributed by atoms with Crippen molar-refractivity contribution in [3.8, 4) is 0 Å². The van der Waals surface area contributed by atoms with E-state index in [0.717, 1.165) is 4.90 Å². The van der Waals surface area contributed by atoms with Crippen molar-refractivity contribution in [2.24, 2.45) is 0 Å². The first-order chi connectivity index (χ1) is 11.1. The molecule has 0 radical (unpaired) electrons. The number of carbonyl (C=O) groups is 2. The number of anilines is 1. The molecule has 0 aliphatic heterocycles. The molecule has 0 fully saturated rings. The van der Waals surface area contributed by atoms with Gasteiger partial charge in [0.15, 0.2) is 0 Å². The van der Waals surface area contributed by atoms with Crippen molar-refractivity contribution in [3.63, 3.8) is 0 Å². The summed E-state index contributed by atoms with van der Waals surface area (Å²) in [5.41, 5.74) is 1.29. The molecule has 2 aromatic carbocycles. The number of hydrogen-bond donors (Lipinski definition) is 1. The zero-order valence-electron chi connectivity index (χ0n) is 12.8. The van der Waals surface area contributed by atoms with Crippen LogP contribution in [0.1, 0.15) is 27.6 Å². The Balaban J connectivity index is 2.25. The molecule has 0 spiro atoms. The van der Waals surface area contributed by atoms with Crippen LogP contribution < -0.4 is 5.32 Å². The highest BCUT2D eigenvalue weighted by atomic mass is 35.5. The van der Waals surface area contributed by atoms with Gasteiger partial charge in [-0.15, -0.1) is 11.8 Å². The molecule has 4 nitrogen and oxygen atoms in total. The molecule has 6 heteroatoms. The van der Waals surface area contributed by atoms with Crippen molar-refractivity contribution in [1.29, 1.82) is 0 Å². The lowest BCUT2D eigenvalue weighted by Crippen LogP contribution is -2.14. The molecule has 0 atom stereocenters. The number of thioether (sulfide) groups is 1. The summed E-state index contributed by atoms with van der Waals surface area (Å²) in [5, 5.41) is 3.06. The van der Waals surface area contributed by atoms with E-state index in [-0.39, 0.29) is 23.1 Å². The lowest BCUT2D eigenvalue weighted by atomic mass is 10.1. The SMILES string of the molecule is CCOC(=O)c1cc(NC(=O)c2ccccc2SC)ccc1Cl. The van der Waals surface area contributed by atoms with Crippen LogP contribution in [-0.2, 0) is 4.74 Å². The van der Waals surface area contributed by atoms with Crippen LogP contribution in [0.3, 0.4) is 0 Å². The van der Waals surface area contributed by atoms with Crippen molar-refractivity contribution < 1.29 is 14.3 Å². The fourth-order valence-corrected chi connectivity index (χ4v) is 2.79. The zero-order valence-corrected chi connectivity index (χ0v) is 14.3. The van der Waals surface area contributed by atoms with E-state index in [4.69, 9.17) is 16.3 Å². The van der Waals surface area contributed by atoms with Crippen molar-refractivity contribution in [1.82, 2.24) is 0 Å². The summed E-state index contributed by atoms with van der Waals surface area (Å²) in [6.45, 7) is 1.98. The van der Waals surface area contributed by atoms with Crippen LogP contribution in [0.2, 0.25) is 5.02 Å². The highest BCUT2D eigenvalue weighted by Gasteiger charge is 2.15. The Kier molecular flexibility index (Phi) is 6.07. The fraction of sp³-hybridized carbons (Fsp3) is 0.176. The highest BCUT2D eigenvalue weighted by Crippen LogP contribution is 2.24. The summed E-state index contributed by atoms with van der Waals surface area (Å²) in [7, 11) is 0. The van der Waals surface area contributed by atoms with Gasteiger partial charge in [-0.25, -0.2) is 4.79 Å². The summed E-state index contributed by atoms with van der Waals surface area (Å²) in [4.78, 5) is 25.1. The molecule has 2 aromatic rings. The van der Waals surface area contributed by atoms with E-state index >= 15 is 0 Å². The van der Waals surface area contributed by atoms with E-state index < -0.39 is 5.97 Å². The molecule has 1 amide bonds. The molecule has 0 bridgehead atoms. The van der Waals surface area contributed by atoms with Crippen molar-refractivity contribution in [2.45, 2.75) is 11.8 Å². The minimum absolute atomic E-state index is 0.226. The predicted octanol–water partition coefficient (Wildman–Crippen LogP) is 4.49. The zero-order chi connectivity index (χ0) is 16.8. The maximum Gasteiger partial charge on any atom is 0.339 e. The van der Waals surface area contributed by atoms with Crippen molar-refractivity contribution in [2.75, 3.05) is 18.2 Å². The van der Waals surface area contributed by atoms with Gasteiger partial charge in [-0.2, -0.15) is 0 Å². The highest BCUT2D eigenvalue weighted by molar-refractivity contribution is 7.98. The average Bonchev–Trinajstić information content (AvgIpc) is 2.56. The number of ether oxygens (including phenoxy) is 1. The smallest absolute Gasteiger partial charge is 0.339 e. The monoisotopic (exact) mass is 349 g/mol. The number of benzene rings is 2. The van der Waals surface area contributed by atoms with Crippen LogP contribution in [0.25, 0.3) is 0 Å². The maximum absolute atomic E-state index is 12.4. The normalized spacial score (nSPS) is 10.2. The Morgan fingerprint density at radius 1 is 1.17 bits per heavy atom. The van der Waals surface area contributed by atoms with Gasteiger partial charge in [0.1, 0.15) is 0 Å². The summed E-state index contributed by atoms with van der Waals surface area (Å²) < 4.78 is 4.95.